The number of rotatable bonds is 2. The Bertz CT molecular complexity index is 680. The van der Waals surface area contributed by atoms with Crippen LogP contribution in [0.15, 0.2) is 23.8 Å². The van der Waals surface area contributed by atoms with Gasteiger partial charge in [-0.15, -0.1) is 0 Å². The summed E-state index contributed by atoms with van der Waals surface area (Å²) in [6, 6.07) is 0. The van der Waals surface area contributed by atoms with Gasteiger partial charge in [-0.25, -0.2) is 0 Å². The second-order valence-electron chi connectivity index (χ2n) is 8.42. The maximum absolute atomic E-state index is 11.8. The van der Waals surface area contributed by atoms with E-state index in [-0.39, 0.29) is 29.0 Å². The molecule has 0 spiro atoms. The Hall–Kier alpha value is -1.46. The maximum atomic E-state index is 11.8. The predicted molar refractivity (Wildman–Crippen MR) is 90.8 cm³/mol. The third kappa shape index (κ3) is 2.15. The number of aliphatic hydroxyl groups is 1. The van der Waals surface area contributed by atoms with Crippen LogP contribution >= 0.6 is 0 Å². The molecule has 4 aliphatic rings. The minimum absolute atomic E-state index is 0.0117. The summed E-state index contributed by atoms with van der Waals surface area (Å²) in [7, 11) is 1.59. The van der Waals surface area contributed by atoms with E-state index in [2.05, 4.69) is 6.92 Å². The van der Waals surface area contributed by atoms with Crippen molar-refractivity contribution in [3.63, 3.8) is 0 Å². The lowest BCUT2D eigenvalue weighted by Crippen LogP contribution is -2.61. The molecule has 7 unspecified atom stereocenters. The number of carbonyl (C=O) groups is 2. The number of hydrogen-bond donors (Lipinski definition) is 2. The summed E-state index contributed by atoms with van der Waals surface area (Å²) in [6.07, 6.45) is 8.19. The van der Waals surface area contributed by atoms with Crippen molar-refractivity contribution in [1.82, 2.24) is 0 Å². The first kappa shape index (κ1) is 17.0. The van der Waals surface area contributed by atoms with Crippen LogP contribution in [-0.4, -0.2) is 40.8 Å². The topological polar surface area (TPSA) is 83.8 Å². The number of hydrogen-bond acceptors (Lipinski definition) is 4. The van der Waals surface area contributed by atoms with Gasteiger partial charge in [0.05, 0.1) is 17.6 Å². The Labute approximate surface area is 147 Å². The van der Waals surface area contributed by atoms with Gasteiger partial charge >= 0.3 is 5.97 Å². The first-order chi connectivity index (χ1) is 11.8. The molecule has 0 saturated heterocycles. The fourth-order valence-electron chi connectivity index (χ4n) is 6.61. The molecule has 7 atom stereocenters. The molecule has 0 aromatic rings. The van der Waals surface area contributed by atoms with Crippen LogP contribution < -0.4 is 0 Å². The highest BCUT2D eigenvalue weighted by Gasteiger charge is 2.65. The third-order valence-corrected chi connectivity index (χ3v) is 7.62. The van der Waals surface area contributed by atoms with Crippen molar-refractivity contribution in [2.45, 2.75) is 50.7 Å². The molecule has 4 rings (SSSR count). The average molecular weight is 346 g/mol. The lowest BCUT2D eigenvalue weighted by molar-refractivity contribution is -0.192. The van der Waals surface area contributed by atoms with Gasteiger partial charge < -0.3 is 14.9 Å². The zero-order valence-corrected chi connectivity index (χ0v) is 14.8. The van der Waals surface area contributed by atoms with E-state index in [4.69, 9.17) is 4.74 Å². The standard InChI is InChI=1S/C20H26O5/c1-19-8-7-12(21)9-11(19)3-4-13-14-5-6-15(18(23)24)20(14,25-2)10-16(22)17(13)19/h7-9,13-17,22H,3-6,10H2,1-2H3,(H,23,24). The first-order valence-electron chi connectivity index (χ1n) is 9.24. The average Bonchev–Trinajstić information content (AvgIpc) is 2.95. The fourth-order valence-corrected chi connectivity index (χ4v) is 6.61. The number of carboxylic acids is 1. The van der Waals surface area contributed by atoms with Crippen LogP contribution in [0.1, 0.15) is 39.0 Å². The molecule has 0 heterocycles. The number of aliphatic hydroxyl groups excluding tert-OH is 1. The summed E-state index contributed by atoms with van der Waals surface area (Å²) in [5, 5.41) is 20.8. The molecule has 5 heteroatoms. The smallest absolute Gasteiger partial charge is 0.309 e. The molecular weight excluding hydrogens is 320 g/mol. The molecule has 0 radical (unpaired) electrons. The molecule has 0 aliphatic heterocycles. The third-order valence-electron chi connectivity index (χ3n) is 7.62. The van der Waals surface area contributed by atoms with Crippen LogP contribution in [-0.2, 0) is 14.3 Å². The van der Waals surface area contributed by atoms with Crippen molar-refractivity contribution < 1.29 is 24.5 Å². The monoisotopic (exact) mass is 346 g/mol. The van der Waals surface area contributed by atoms with Gasteiger partial charge in [0.15, 0.2) is 5.78 Å². The lowest BCUT2D eigenvalue weighted by Gasteiger charge is -2.58. The van der Waals surface area contributed by atoms with E-state index >= 15 is 0 Å². The van der Waals surface area contributed by atoms with Crippen LogP contribution in [0.2, 0.25) is 0 Å². The number of ether oxygens (including phenoxy) is 1. The van der Waals surface area contributed by atoms with Crippen molar-refractivity contribution >= 4 is 11.8 Å². The summed E-state index contributed by atoms with van der Waals surface area (Å²) in [4.78, 5) is 23.6. The summed E-state index contributed by atoms with van der Waals surface area (Å²) >= 11 is 0. The van der Waals surface area contributed by atoms with Crippen LogP contribution in [0.25, 0.3) is 0 Å². The molecule has 3 saturated carbocycles. The first-order valence-corrected chi connectivity index (χ1v) is 9.24. The number of ketones is 1. The van der Waals surface area contributed by atoms with Gasteiger partial charge in [-0.2, -0.15) is 0 Å². The Morgan fingerprint density at radius 3 is 2.76 bits per heavy atom. The van der Waals surface area contributed by atoms with E-state index < -0.39 is 23.6 Å². The van der Waals surface area contributed by atoms with Crippen molar-refractivity contribution in [1.29, 1.82) is 0 Å². The molecule has 25 heavy (non-hydrogen) atoms. The van der Waals surface area contributed by atoms with Gasteiger partial charge in [-0.3, -0.25) is 9.59 Å². The van der Waals surface area contributed by atoms with Crippen LogP contribution in [0.4, 0.5) is 0 Å². The highest BCUT2D eigenvalue weighted by Crippen LogP contribution is 2.63. The Balaban J connectivity index is 1.75. The highest BCUT2D eigenvalue weighted by molar-refractivity contribution is 6.01. The van der Waals surface area contributed by atoms with E-state index in [1.54, 1.807) is 19.3 Å². The highest BCUT2D eigenvalue weighted by atomic mass is 16.5. The SMILES string of the molecule is COC12CC(O)C3C(CCC4=CC(=O)C=CC43C)C1CCC2C(=O)O. The van der Waals surface area contributed by atoms with Gasteiger partial charge in [-0.05, 0) is 49.7 Å². The Morgan fingerprint density at radius 2 is 2.08 bits per heavy atom. The van der Waals surface area contributed by atoms with Crippen LogP contribution in [0, 0.1) is 29.1 Å². The second-order valence-corrected chi connectivity index (χ2v) is 8.42. The molecule has 3 fully saturated rings. The number of allylic oxidation sites excluding steroid dienone is 4. The molecule has 0 bridgehead atoms. The summed E-state index contributed by atoms with van der Waals surface area (Å²) in [6.45, 7) is 2.12. The predicted octanol–water partition coefficient (Wildman–Crippen LogP) is 2.34. The zero-order chi connectivity index (χ0) is 18.0. The van der Waals surface area contributed by atoms with Crippen molar-refractivity contribution in [2.24, 2.45) is 29.1 Å². The summed E-state index contributed by atoms with van der Waals surface area (Å²) < 4.78 is 5.85. The second kappa shape index (κ2) is 5.52. The Morgan fingerprint density at radius 1 is 1.32 bits per heavy atom. The largest absolute Gasteiger partial charge is 0.481 e. The van der Waals surface area contributed by atoms with Crippen molar-refractivity contribution in [3.05, 3.63) is 23.8 Å². The summed E-state index contributed by atoms with van der Waals surface area (Å²) in [5.74, 6) is -0.969. The number of methoxy groups -OCH3 is 1. The molecule has 4 aliphatic carbocycles. The van der Waals surface area contributed by atoms with Crippen molar-refractivity contribution in [2.75, 3.05) is 7.11 Å². The number of fused-ring (bicyclic) bond motifs is 5. The molecule has 0 aromatic heterocycles. The van der Waals surface area contributed by atoms with Crippen LogP contribution in [0.3, 0.4) is 0 Å². The van der Waals surface area contributed by atoms with E-state index in [0.29, 0.717) is 12.8 Å². The van der Waals surface area contributed by atoms with Gasteiger partial charge in [-0.1, -0.05) is 18.6 Å². The van der Waals surface area contributed by atoms with E-state index in [1.165, 1.54) is 0 Å². The lowest BCUT2D eigenvalue weighted by atomic mass is 9.49. The number of carboxylic acid groups (broad SMARTS) is 1. The molecular formula is C20H26O5. The number of aliphatic carboxylic acids is 1. The van der Waals surface area contributed by atoms with Gasteiger partial charge in [0, 0.05) is 24.9 Å². The molecule has 136 valence electrons. The minimum atomic E-state index is -0.819. The number of carbonyl (C=O) groups excluding carboxylic acids is 1. The molecule has 5 nitrogen and oxygen atoms in total. The van der Waals surface area contributed by atoms with Gasteiger partial charge in [0.1, 0.15) is 0 Å². The quantitative estimate of drug-likeness (QED) is 0.802. The normalized spacial score (nSPS) is 48.4. The summed E-state index contributed by atoms with van der Waals surface area (Å²) in [5.41, 5.74) is 0.0216. The van der Waals surface area contributed by atoms with E-state index in [1.807, 2.05) is 6.08 Å². The van der Waals surface area contributed by atoms with Crippen LogP contribution in [0.5, 0.6) is 0 Å². The zero-order valence-electron chi connectivity index (χ0n) is 14.8. The van der Waals surface area contributed by atoms with Gasteiger partial charge in [0.2, 0.25) is 0 Å². The van der Waals surface area contributed by atoms with Crippen molar-refractivity contribution in [3.8, 4) is 0 Å². The maximum Gasteiger partial charge on any atom is 0.309 e. The fraction of sp³-hybridized carbons (Fsp3) is 0.700. The molecule has 0 amide bonds. The van der Waals surface area contributed by atoms with E-state index in [0.717, 1.165) is 24.8 Å². The molecule has 2 N–H and O–H groups in total. The molecule has 0 aromatic carbocycles. The Kier molecular flexibility index (Phi) is 3.75. The minimum Gasteiger partial charge on any atom is -0.481 e. The van der Waals surface area contributed by atoms with Gasteiger partial charge in [0.25, 0.3) is 0 Å². The van der Waals surface area contributed by atoms with E-state index in [9.17, 15) is 19.8 Å².